The summed E-state index contributed by atoms with van der Waals surface area (Å²) in [7, 11) is 1.49. The number of carbonyl (C=O) groups is 1. The smallest absolute Gasteiger partial charge is 0.310 e. The molecule has 1 fully saturated rings. The standard InChI is InChI=1S/C16H23NO2/c1-3-4-11-17-12-10-14(16(18)19-2)15(17)13-8-6-5-7-9-13/h5-9,14-15H,3-4,10-12H2,1-2H3/t14-,15-/m0/s1. The first-order chi connectivity index (χ1) is 9.27. The predicted molar refractivity (Wildman–Crippen MR) is 75.8 cm³/mol. The van der Waals surface area contributed by atoms with E-state index in [0.29, 0.717) is 0 Å². The van der Waals surface area contributed by atoms with Gasteiger partial charge in [0, 0.05) is 6.04 Å². The van der Waals surface area contributed by atoms with E-state index in [1.165, 1.54) is 25.5 Å². The van der Waals surface area contributed by atoms with Crippen molar-refractivity contribution in [3.63, 3.8) is 0 Å². The normalized spacial score (nSPS) is 23.5. The van der Waals surface area contributed by atoms with Gasteiger partial charge in [0.15, 0.2) is 0 Å². The highest BCUT2D eigenvalue weighted by atomic mass is 16.5. The molecule has 0 amide bonds. The maximum Gasteiger partial charge on any atom is 0.310 e. The van der Waals surface area contributed by atoms with Crippen molar-refractivity contribution in [1.29, 1.82) is 0 Å². The van der Waals surface area contributed by atoms with Gasteiger partial charge in [0.05, 0.1) is 13.0 Å². The Balaban J connectivity index is 2.20. The lowest BCUT2D eigenvalue weighted by molar-refractivity contribution is -0.146. The van der Waals surface area contributed by atoms with Crippen LogP contribution >= 0.6 is 0 Å². The van der Waals surface area contributed by atoms with Crippen LogP contribution in [0, 0.1) is 5.92 Å². The molecule has 3 nitrogen and oxygen atoms in total. The molecule has 0 saturated carbocycles. The molecule has 1 aromatic rings. The third-order valence-corrected chi connectivity index (χ3v) is 3.95. The van der Waals surface area contributed by atoms with Crippen LogP contribution in [0.2, 0.25) is 0 Å². The minimum Gasteiger partial charge on any atom is -0.469 e. The highest BCUT2D eigenvalue weighted by molar-refractivity contribution is 5.74. The Hall–Kier alpha value is -1.35. The lowest BCUT2D eigenvalue weighted by Crippen LogP contribution is -2.29. The van der Waals surface area contributed by atoms with Gasteiger partial charge in [-0.15, -0.1) is 0 Å². The van der Waals surface area contributed by atoms with E-state index in [1.54, 1.807) is 0 Å². The zero-order valence-corrected chi connectivity index (χ0v) is 11.8. The topological polar surface area (TPSA) is 29.5 Å². The van der Waals surface area contributed by atoms with Crippen molar-refractivity contribution in [2.24, 2.45) is 5.92 Å². The van der Waals surface area contributed by atoms with Crippen molar-refractivity contribution >= 4 is 5.97 Å². The third-order valence-electron chi connectivity index (χ3n) is 3.95. The van der Waals surface area contributed by atoms with Crippen LogP contribution < -0.4 is 0 Å². The highest BCUT2D eigenvalue weighted by Gasteiger charge is 2.39. The van der Waals surface area contributed by atoms with Crippen LogP contribution in [-0.2, 0) is 9.53 Å². The molecule has 2 rings (SSSR count). The zero-order valence-electron chi connectivity index (χ0n) is 11.8. The second-order valence-electron chi connectivity index (χ2n) is 5.16. The third kappa shape index (κ3) is 3.16. The van der Waals surface area contributed by atoms with Gasteiger partial charge in [-0.2, -0.15) is 0 Å². The Morgan fingerprint density at radius 1 is 1.37 bits per heavy atom. The Labute approximate surface area is 115 Å². The van der Waals surface area contributed by atoms with Gasteiger partial charge in [0.1, 0.15) is 0 Å². The van der Waals surface area contributed by atoms with E-state index < -0.39 is 0 Å². The number of benzene rings is 1. The van der Waals surface area contributed by atoms with Gasteiger partial charge in [0.2, 0.25) is 0 Å². The van der Waals surface area contributed by atoms with Gasteiger partial charge >= 0.3 is 5.97 Å². The number of methoxy groups -OCH3 is 1. The minimum atomic E-state index is -0.0761. The number of unbranched alkanes of at least 4 members (excludes halogenated alkanes) is 1. The Bertz CT molecular complexity index is 404. The molecule has 0 unspecified atom stereocenters. The number of hydrogen-bond acceptors (Lipinski definition) is 3. The van der Waals surface area contributed by atoms with Crippen molar-refractivity contribution in [1.82, 2.24) is 4.90 Å². The summed E-state index contributed by atoms with van der Waals surface area (Å²) in [5.74, 6) is -0.0999. The Morgan fingerprint density at radius 2 is 2.11 bits per heavy atom. The molecule has 1 aromatic carbocycles. The fourth-order valence-corrected chi connectivity index (χ4v) is 2.96. The summed E-state index contributed by atoms with van der Waals surface area (Å²) in [6, 6.07) is 10.5. The fourth-order valence-electron chi connectivity index (χ4n) is 2.96. The molecule has 1 heterocycles. The molecule has 1 aliphatic heterocycles. The van der Waals surface area contributed by atoms with Gasteiger partial charge in [0.25, 0.3) is 0 Å². The molecule has 2 atom stereocenters. The SMILES string of the molecule is CCCCN1CC[C@H](C(=O)OC)[C@@H]1c1ccccc1. The second kappa shape index (κ2) is 6.71. The van der Waals surface area contributed by atoms with E-state index >= 15 is 0 Å². The van der Waals surface area contributed by atoms with E-state index in [1.807, 2.05) is 18.2 Å². The molecule has 104 valence electrons. The summed E-state index contributed by atoms with van der Waals surface area (Å²) < 4.78 is 4.97. The monoisotopic (exact) mass is 261 g/mol. The first-order valence-corrected chi connectivity index (χ1v) is 7.14. The van der Waals surface area contributed by atoms with Crippen molar-refractivity contribution in [3.05, 3.63) is 35.9 Å². The number of nitrogens with zero attached hydrogens (tertiary/aromatic N) is 1. The van der Waals surface area contributed by atoms with Crippen LogP contribution in [0.4, 0.5) is 0 Å². The average Bonchev–Trinajstić information content (AvgIpc) is 2.89. The van der Waals surface area contributed by atoms with Crippen LogP contribution in [0.25, 0.3) is 0 Å². The molecular formula is C16H23NO2. The van der Waals surface area contributed by atoms with Crippen molar-refractivity contribution in [2.45, 2.75) is 32.2 Å². The maximum absolute atomic E-state index is 12.0. The lowest BCUT2D eigenvalue weighted by Gasteiger charge is -2.27. The molecule has 0 aliphatic carbocycles. The van der Waals surface area contributed by atoms with Gasteiger partial charge < -0.3 is 4.74 Å². The summed E-state index contributed by atoms with van der Waals surface area (Å²) in [5.41, 5.74) is 1.23. The number of ether oxygens (including phenoxy) is 1. The summed E-state index contributed by atoms with van der Waals surface area (Å²) in [6.45, 7) is 4.24. The molecule has 1 aliphatic rings. The zero-order chi connectivity index (χ0) is 13.7. The summed E-state index contributed by atoms with van der Waals surface area (Å²) in [5, 5.41) is 0. The van der Waals surface area contributed by atoms with E-state index in [-0.39, 0.29) is 17.9 Å². The minimum absolute atomic E-state index is 0.0238. The number of carbonyl (C=O) groups excluding carboxylic acids is 1. The quantitative estimate of drug-likeness (QED) is 0.763. The molecule has 0 N–H and O–H groups in total. The molecule has 0 aromatic heterocycles. The van der Waals surface area contributed by atoms with Crippen molar-refractivity contribution in [3.8, 4) is 0 Å². The van der Waals surface area contributed by atoms with E-state index in [4.69, 9.17) is 4.74 Å². The average molecular weight is 261 g/mol. The van der Waals surface area contributed by atoms with E-state index in [9.17, 15) is 4.79 Å². The van der Waals surface area contributed by atoms with Crippen LogP contribution in [-0.4, -0.2) is 31.1 Å². The van der Waals surface area contributed by atoms with Crippen molar-refractivity contribution in [2.75, 3.05) is 20.2 Å². The highest BCUT2D eigenvalue weighted by Crippen LogP contribution is 2.37. The number of esters is 1. The van der Waals surface area contributed by atoms with Crippen molar-refractivity contribution < 1.29 is 9.53 Å². The van der Waals surface area contributed by atoms with Gasteiger partial charge in [-0.3, -0.25) is 9.69 Å². The summed E-state index contributed by atoms with van der Waals surface area (Å²) in [4.78, 5) is 14.4. The summed E-state index contributed by atoms with van der Waals surface area (Å²) in [6.07, 6.45) is 3.26. The largest absolute Gasteiger partial charge is 0.469 e. The molecule has 19 heavy (non-hydrogen) atoms. The van der Waals surface area contributed by atoms with Gasteiger partial charge in [-0.1, -0.05) is 43.7 Å². The molecule has 0 radical (unpaired) electrons. The molecule has 0 bridgehead atoms. The van der Waals surface area contributed by atoms with Crippen LogP contribution in [0.5, 0.6) is 0 Å². The molecule has 1 saturated heterocycles. The van der Waals surface area contributed by atoms with Gasteiger partial charge in [-0.25, -0.2) is 0 Å². The first-order valence-electron chi connectivity index (χ1n) is 7.14. The number of likely N-dealkylation sites (tertiary alicyclic amines) is 1. The second-order valence-corrected chi connectivity index (χ2v) is 5.16. The van der Waals surface area contributed by atoms with Crippen LogP contribution in [0.3, 0.4) is 0 Å². The van der Waals surface area contributed by atoms with Crippen LogP contribution in [0.15, 0.2) is 30.3 Å². The van der Waals surface area contributed by atoms with Gasteiger partial charge in [-0.05, 0) is 31.5 Å². The Kier molecular flexibility index (Phi) is 4.97. The summed E-state index contributed by atoms with van der Waals surface area (Å²) >= 11 is 0. The molecule has 0 spiro atoms. The number of hydrogen-bond donors (Lipinski definition) is 0. The molecular weight excluding hydrogens is 238 g/mol. The van der Waals surface area contributed by atoms with E-state index in [2.05, 4.69) is 24.0 Å². The van der Waals surface area contributed by atoms with Crippen LogP contribution in [0.1, 0.15) is 37.8 Å². The Morgan fingerprint density at radius 3 is 2.74 bits per heavy atom. The lowest BCUT2D eigenvalue weighted by atomic mass is 9.93. The van der Waals surface area contributed by atoms with E-state index in [0.717, 1.165) is 19.5 Å². The fraction of sp³-hybridized carbons (Fsp3) is 0.562. The molecule has 3 heteroatoms. The first kappa shape index (κ1) is 14.1. The number of rotatable bonds is 5. The maximum atomic E-state index is 12.0. The predicted octanol–water partition coefficient (Wildman–Crippen LogP) is 3.02.